The van der Waals surface area contributed by atoms with E-state index in [4.69, 9.17) is 4.74 Å². The van der Waals surface area contributed by atoms with Crippen molar-refractivity contribution in [3.8, 4) is 5.75 Å². The molecule has 6 nitrogen and oxygen atoms in total. The molecule has 1 aromatic heterocycles. The van der Waals surface area contributed by atoms with E-state index in [0.717, 1.165) is 24.0 Å². The maximum absolute atomic E-state index is 12.5. The first-order valence-electron chi connectivity index (χ1n) is 7.91. The molecule has 0 fully saturated rings. The average Bonchev–Trinajstić information content (AvgIpc) is 2.98. The molecule has 1 heterocycles. The largest absolute Gasteiger partial charge is 0.495 e. The highest BCUT2D eigenvalue weighted by atomic mass is 16.5. The number of methoxy groups -OCH3 is 1. The molecule has 124 valence electrons. The number of ether oxygens (including phenoxy) is 1. The van der Waals surface area contributed by atoms with Crippen LogP contribution < -0.4 is 10.1 Å². The lowest BCUT2D eigenvalue weighted by Gasteiger charge is -2.11. The molecule has 0 bridgehead atoms. The normalized spacial score (nSPS) is 10.8. The van der Waals surface area contributed by atoms with E-state index in [-0.39, 0.29) is 5.91 Å². The zero-order chi connectivity index (χ0) is 17.1. The van der Waals surface area contributed by atoms with Gasteiger partial charge in [0.2, 0.25) is 0 Å². The molecule has 0 aliphatic rings. The van der Waals surface area contributed by atoms with E-state index in [0.29, 0.717) is 22.5 Å². The SMILES string of the molecule is CCCn1nnc2cc(C(=O)Nc3cc(C)ccc3OC)ccc21. The van der Waals surface area contributed by atoms with Crippen molar-refractivity contribution in [2.75, 3.05) is 12.4 Å². The fraction of sp³-hybridized carbons (Fsp3) is 0.278. The highest BCUT2D eigenvalue weighted by Gasteiger charge is 2.12. The van der Waals surface area contributed by atoms with Crippen LogP contribution in [0.3, 0.4) is 0 Å². The third kappa shape index (κ3) is 3.08. The zero-order valence-corrected chi connectivity index (χ0v) is 14.0. The second kappa shape index (κ2) is 6.70. The fourth-order valence-corrected chi connectivity index (χ4v) is 2.60. The Morgan fingerprint density at radius 3 is 2.83 bits per heavy atom. The van der Waals surface area contributed by atoms with E-state index in [9.17, 15) is 4.79 Å². The average molecular weight is 324 g/mol. The first-order chi connectivity index (χ1) is 11.6. The first kappa shape index (κ1) is 16.0. The Morgan fingerprint density at radius 2 is 2.08 bits per heavy atom. The van der Waals surface area contributed by atoms with Crippen molar-refractivity contribution >= 4 is 22.6 Å². The van der Waals surface area contributed by atoms with E-state index >= 15 is 0 Å². The molecule has 0 aliphatic carbocycles. The number of aromatic nitrogens is 3. The Balaban J connectivity index is 1.88. The van der Waals surface area contributed by atoms with Crippen LogP contribution in [-0.2, 0) is 6.54 Å². The maximum Gasteiger partial charge on any atom is 0.255 e. The highest BCUT2D eigenvalue weighted by molar-refractivity contribution is 6.06. The summed E-state index contributed by atoms with van der Waals surface area (Å²) in [5.41, 5.74) is 3.88. The molecular weight excluding hydrogens is 304 g/mol. The molecule has 1 amide bonds. The first-order valence-corrected chi connectivity index (χ1v) is 7.91. The Hall–Kier alpha value is -2.89. The minimum absolute atomic E-state index is 0.203. The number of carbonyl (C=O) groups excluding carboxylic acids is 1. The minimum Gasteiger partial charge on any atom is -0.495 e. The standard InChI is InChI=1S/C18H20N4O2/c1-4-9-22-16-7-6-13(11-14(16)20-21-22)18(23)19-15-10-12(2)5-8-17(15)24-3/h5-8,10-11H,4,9H2,1-3H3,(H,19,23). The van der Waals surface area contributed by atoms with E-state index < -0.39 is 0 Å². The molecule has 0 saturated heterocycles. The van der Waals surface area contributed by atoms with Gasteiger partial charge in [-0.05, 0) is 49.2 Å². The maximum atomic E-state index is 12.5. The van der Waals surface area contributed by atoms with Gasteiger partial charge < -0.3 is 10.1 Å². The molecule has 0 atom stereocenters. The third-order valence-electron chi connectivity index (χ3n) is 3.81. The third-order valence-corrected chi connectivity index (χ3v) is 3.81. The topological polar surface area (TPSA) is 69.0 Å². The van der Waals surface area contributed by atoms with Crippen molar-refractivity contribution in [2.45, 2.75) is 26.8 Å². The highest BCUT2D eigenvalue weighted by Crippen LogP contribution is 2.26. The number of nitrogens with zero attached hydrogens (tertiary/aromatic N) is 3. The summed E-state index contributed by atoms with van der Waals surface area (Å²) in [6.07, 6.45) is 0.980. The number of hydrogen-bond acceptors (Lipinski definition) is 4. The van der Waals surface area contributed by atoms with Gasteiger partial charge in [-0.1, -0.05) is 18.2 Å². The molecule has 0 unspecified atom stereocenters. The van der Waals surface area contributed by atoms with Gasteiger partial charge in [-0.2, -0.15) is 0 Å². The molecule has 24 heavy (non-hydrogen) atoms. The van der Waals surface area contributed by atoms with Crippen LogP contribution in [0.1, 0.15) is 29.3 Å². The number of rotatable bonds is 5. The lowest BCUT2D eigenvalue weighted by Crippen LogP contribution is -2.12. The Morgan fingerprint density at radius 1 is 1.25 bits per heavy atom. The van der Waals surface area contributed by atoms with E-state index in [1.807, 2.05) is 35.9 Å². The summed E-state index contributed by atoms with van der Waals surface area (Å²) in [5.74, 6) is 0.426. The zero-order valence-electron chi connectivity index (χ0n) is 14.0. The van der Waals surface area contributed by atoms with Gasteiger partial charge in [0.05, 0.1) is 18.3 Å². The second-order valence-electron chi connectivity index (χ2n) is 5.67. The van der Waals surface area contributed by atoms with Crippen LogP contribution in [0.5, 0.6) is 5.75 Å². The van der Waals surface area contributed by atoms with Crippen molar-refractivity contribution in [1.82, 2.24) is 15.0 Å². The Kier molecular flexibility index (Phi) is 4.46. The lowest BCUT2D eigenvalue weighted by molar-refractivity contribution is 0.102. The van der Waals surface area contributed by atoms with Crippen LogP contribution in [0.25, 0.3) is 11.0 Å². The molecule has 3 rings (SSSR count). The van der Waals surface area contributed by atoms with Crippen molar-refractivity contribution in [1.29, 1.82) is 0 Å². The van der Waals surface area contributed by atoms with Gasteiger partial charge in [-0.15, -0.1) is 5.10 Å². The van der Waals surface area contributed by atoms with E-state index in [2.05, 4.69) is 22.6 Å². The van der Waals surface area contributed by atoms with Crippen LogP contribution in [0.2, 0.25) is 0 Å². The van der Waals surface area contributed by atoms with Gasteiger partial charge in [0.25, 0.3) is 5.91 Å². The summed E-state index contributed by atoms with van der Waals surface area (Å²) >= 11 is 0. The summed E-state index contributed by atoms with van der Waals surface area (Å²) < 4.78 is 7.14. The van der Waals surface area contributed by atoms with Gasteiger partial charge in [0.15, 0.2) is 0 Å². The number of aryl methyl sites for hydroxylation is 2. The predicted molar refractivity (Wildman–Crippen MR) is 93.5 cm³/mol. The van der Waals surface area contributed by atoms with Crippen molar-refractivity contribution in [3.63, 3.8) is 0 Å². The molecule has 1 N–H and O–H groups in total. The number of benzene rings is 2. The molecule has 3 aromatic rings. The monoisotopic (exact) mass is 324 g/mol. The molecule has 2 aromatic carbocycles. The van der Waals surface area contributed by atoms with Gasteiger partial charge in [0.1, 0.15) is 11.3 Å². The number of anilines is 1. The Labute approximate surface area is 140 Å². The predicted octanol–water partition coefficient (Wildman–Crippen LogP) is 3.41. The molecule has 0 saturated carbocycles. The van der Waals surface area contributed by atoms with Crippen LogP contribution >= 0.6 is 0 Å². The summed E-state index contributed by atoms with van der Waals surface area (Å²) in [7, 11) is 1.58. The molecule has 0 aliphatic heterocycles. The van der Waals surface area contributed by atoms with Gasteiger partial charge in [-0.3, -0.25) is 4.79 Å². The van der Waals surface area contributed by atoms with Crippen LogP contribution in [0.4, 0.5) is 5.69 Å². The smallest absolute Gasteiger partial charge is 0.255 e. The quantitative estimate of drug-likeness (QED) is 0.781. The molecule has 0 radical (unpaired) electrons. The van der Waals surface area contributed by atoms with Crippen molar-refractivity contribution < 1.29 is 9.53 Å². The fourth-order valence-electron chi connectivity index (χ4n) is 2.60. The van der Waals surface area contributed by atoms with Gasteiger partial charge in [-0.25, -0.2) is 4.68 Å². The van der Waals surface area contributed by atoms with E-state index in [1.165, 1.54) is 0 Å². The summed E-state index contributed by atoms with van der Waals surface area (Å²) in [5, 5.41) is 11.2. The number of nitrogens with one attached hydrogen (secondary N) is 1. The number of fused-ring (bicyclic) bond motifs is 1. The number of carbonyl (C=O) groups is 1. The van der Waals surface area contributed by atoms with Gasteiger partial charge >= 0.3 is 0 Å². The Bertz CT molecular complexity index is 886. The summed E-state index contributed by atoms with van der Waals surface area (Å²) in [6, 6.07) is 11.1. The van der Waals surface area contributed by atoms with Crippen LogP contribution in [0.15, 0.2) is 36.4 Å². The summed E-state index contributed by atoms with van der Waals surface area (Å²) in [6.45, 7) is 4.86. The lowest BCUT2D eigenvalue weighted by atomic mass is 10.1. The minimum atomic E-state index is -0.203. The number of amides is 1. The molecular formula is C18H20N4O2. The molecule has 0 spiro atoms. The van der Waals surface area contributed by atoms with Crippen LogP contribution in [-0.4, -0.2) is 28.0 Å². The van der Waals surface area contributed by atoms with Crippen molar-refractivity contribution in [3.05, 3.63) is 47.5 Å². The van der Waals surface area contributed by atoms with Crippen molar-refractivity contribution in [2.24, 2.45) is 0 Å². The molecule has 6 heteroatoms. The second-order valence-corrected chi connectivity index (χ2v) is 5.67. The summed E-state index contributed by atoms with van der Waals surface area (Å²) in [4.78, 5) is 12.5. The van der Waals surface area contributed by atoms with Crippen LogP contribution in [0, 0.1) is 6.92 Å². The number of hydrogen-bond donors (Lipinski definition) is 1. The van der Waals surface area contributed by atoms with Gasteiger partial charge in [0, 0.05) is 12.1 Å². The van der Waals surface area contributed by atoms with E-state index in [1.54, 1.807) is 19.2 Å².